The lowest BCUT2D eigenvalue weighted by Crippen LogP contribution is -2.55. The standard InChI is InChI=1S/C17H22N8O/c1-26-17(6-7-17)13-8-19-22-25(13)16-21-20-15-11-4-2-3-5-12(11)23-10-18-9-14(23)24(15)16/h8-12,15,20H,2-7H2,1H3. The Morgan fingerprint density at radius 3 is 2.96 bits per heavy atom. The van der Waals surface area contributed by atoms with Gasteiger partial charge in [0.1, 0.15) is 17.6 Å². The fraction of sp³-hybridized carbons (Fsp3) is 0.647. The Bertz CT molecular complexity index is 881. The molecule has 9 heteroatoms. The van der Waals surface area contributed by atoms with Crippen LogP contribution in [0.3, 0.4) is 0 Å². The molecule has 3 atom stereocenters. The number of aromatic nitrogens is 5. The highest BCUT2D eigenvalue weighted by Crippen LogP contribution is 2.49. The van der Waals surface area contributed by atoms with Crippen molar-refractivity contribution in [3.63, 3.8) is 0 Å². The molecule has 2 fully saturated rings. The summed E-state index contributed by atoms with van der Waals surface area (Å²) < 4.78 is 9.92. The molecule has 1 N–H and O–H groups in total. The minimum Gasteiger partial charge on any atom is -0.372 e. The molecular weight excluding hydrogens is 332 g/mol. The second-order valence-corrected chi connectivity index (χ2v) is 7.76. The van der Waals surface area contributed by atoms with Gasteiger partial charge in [-0.25, -0.2) is 4.98 Å². The van der Waals surface area contributed by atoms with Gasteiger partial charge in [-0.15, -0.1) is 10.2 Å². The van der Waals surface area contributed by atoms with E-state index in [1.807, 2.05) is 17.2 Å². The number of methoxy groups -OCH3 is 1. The van der Waals surface area contributed by atoms with E-state index >= 15 is 0 Å². The first-order chi connectivity index (χ1) is 12.8. The van der Waals surface area contributed by atoms with Crippen molar-refractivity contribution in [3.05, 3.63) is 24.4 Å². The number of rotatable bonds is 2. The minimum atomic E-state index is -0.270. The van der Waals surface area contributed by atoms with Gasteiger partial charge in [-0.2, -0.15) is 4.68 Å². The molecule has 4 aliphatic rings. The van der Waals surface area contributed by atoms with Crippen LogP contribution in [-0.2, 0) is 10.3 Å². The third kappa shape index (κ3) is 1.78. The van der Waals surface area contributed by atoms with E-state index in [4.69, 9.17) is 4.74 Å². The van der Waals surface area contributed by atoms with Crippen LogP contribution in [0.5, 0.6) is 0 Å². The third-order valence-electron chi connectivity index (χ3n) is 6.53. The number of nitrogens with zero attached hydrogens (tertiary/aromatic N) is 7. The van der Waals surface area contributed by atoms with E-state index in [2.05, 4.69) is 35.3 Å². The number of ether oxygens (including phenoxy) is 1. The summed E-state index contributed by atoms with van der Waals surface area (Å²) in [5, 5.41) is 13.2. The molecule has 2 saturated carbocycles. The summed E-state index contributed by atoms with van der Waals surface area (Å²) in [5.41, 5.74) is 4.09. The molecule has 136 valence electrons. The van der Waals surface area contributed by atoms with Crippen molar-refractivity contribution in [1.29, 1.82) is 0 Å². The quantitative estimate of drug-likeness (QED) is 0.878. The number of fused-ring (bicyclic) bond motifs is 6. The summed E-state index contributed by atoms with van der Waals surface area (Å²) in [7, 11) is 1.75. The van der Waals surface area contributed by atoms with E-state index in [9.17, 15) is 0 Å². The Balaban J connectivity index is 1.45. The molecule has 0 radical (unpaired) electrons. The molecule has 9 nitrogen and oxygen atoms in total. The Labute approximate surface area is 151 Å². The van der Waals surface area contributed by atoms with Crippen LogP contribution < -0.4 is 10.3 Å². The summed E-state index contributed by atoms with van der Waals surface area (Å²) in [4.78, 5) is 6.68. The Morgan fingerprint density at radius 2 is 2.12 bits per heavy atom. The first kappa shape index (κ1) is 14.7. The zero-order chi connectivity index (χ0) is 17.3. The normalized spacial score (nSPS) is 30.9. The van der Waals surface area contributed by atoms with Crippen molar-refractivity contribution >= 4 is 11.8 Å². The van der Waals surface area contributed by atoms with Gasteiger partial charge < -0.3 is 9.30 Å². The smallest absolute Gasteiger partial charge is 0.252 e. The lowest BCUT2D eigenvalue weighted by Gasteiger charge is -2.45. The van der Waals surface area contributed by atoms with Gasteiger partial charge in [0.2, 0.25) is 0 Å². The van der Waals surface area contributed by atoms with E-state index in [0.29, 0.717) is 12.0 Å². The maximum Gasteiger partial charge on any atom is 0.252 e. The van der Waals surface area contributed by atoms with Crippen LogP contribution in [0.15, 0.2) is 23.8 Å². The summed E-state index contributed by atoms with van der Waals surface area (Å²) in [6, 6.07) is 0.494. The fourth-order valence-electron chi connectivity index (χ4n) is 5.01. The molecule has 2 aliphatic heterocycles. The predicted octanol–water partition coefficient (Wildman–Crippen LogP) is 1.41. The van der Waals surface area contributed by atoms with Gasteiger partial charge in [-0.3, -0.25) is 10.3 Å². The number of imidazole rings is 1. The molecule has 26 heavy (non-hydrogen) atoms. The number of nitrogens with one attached hydrogen (secondary N) is 1. The third-order valence-corrected chi connectivity index (χ3v) is 6.53. The van der Waals surface area contributed by atoms with Crippen LogP contribution in [0.1, 0.15) is 50.3 Å². The van der Waals surface area contributed by atoms with Crippen LogP contribution in [0.25, 0.3) is 0 Å². The van der Waals surface area contributed by atoms with Gasteiger partial charge in [0, 0.05) is 19.1 Å². The van der Waals surface area contributed by atoms with Crippen LogP contribution in [0.4, 0.5) is 5.82 Å². The van der Waals surface area contributed by atoms with Crippen LogP contribution >= 0.6 is 0 Å². The molecule has 6 rings (SSSR count). The van der Waals surface area contributed by atoms with Gasteiger partial charge in [-0.1, -0.05) is 18.1 Å². The first-order valence-electron chi connectivity index (χ1n) is 9.43. The van der Waals surface area contributed by atoms with E-state index < -0.39 is 0 Å². The Morgan fingerprint density at radius 1 is 1.23 bits per heavy atom. The van der Waals surface area contributed by atoms with Crippen molar-refractivity contribution < 1.29 is 4.74 Å². The van der Waals surface area contributed by atoms with Gasteiger partial charge in [-0.05, 0) is 25.7 Å². The number of hydrogen-bond acceptors (Lipinski definition) is 7. The van der Waals surface area contributed by atoms with Gasteiger partial charge in [0.25, 0.3) is 5.96 Å². The second-order valence-electron chi connectivity index (χ2n) is 7.76. The monoisotopic (exact) mass is 354 g/mol. The summed E-state index contributed by atoms with van der Waals surface area (Å²) in [6.07, 6.45) is 12.8. The Kier molecular flexibility index (Phi) is 2.87. The van der Waals surface area contributed by atoms with E-state index in [0.717, 1.165) is 30.3 Å². The predicted molar refractivity (Wildman–Crippen MR) is 93.4 cm³/mol. The van der Waals surface area contributed by atoms with E-state index in [1.165, 1.54) is 25.7 Å². The van der Waals surface area contributed by atoms with Crippen LogP contribution in [0.2, 0.25) is 0 Å². The summed E-state index contributed by atoms with van der Waals surface area (Å²) >= 11 is 0. The highest BCUT2D eigenvalue weighted by Gasteiger charge is 2.51. The van der Waals surface area contributed by atoms with Crippen molar-refractivity contribution in [1.82, 2.24) is 30.0 Å². The van der Waals surface area contributed by atoms with Crippen LogP contribution in [-0.4, -0.2) is 43.8 Å². The maximum absolute atomic E-state index is 5.76. The number of hydrogen-bond donors (Lipinski definition) is 1. The van der Waals surface area contributed by atoms with Crippen LogP contribution in [0, 0.1) is 5.92 Å². The molecule has 0 spiro atoms. The highest BCUT2D eigenvalue weighted by molar-refractivity contribution is 5.99. The molecule has 4 heterocycles. The maximum atomic E-state index is 5.76. The molecule has 3 unspecified atom stereocenters. The molecule has 0 bridgehead atoms. The molecule has 0 aromatic carbocycles. The first-order valence-corrected chi connectivity index (χ1v) is 9.43. The molecule has 0 amide bonds. The van der Waals surface area contributed by atoms with Gasteiger partial charge in [0.05, 0.1) is 24.4 Å². The minimum absolute atomic E-state index is 0.147. The highest BCUT2D eigenvalue weighted by atomic mass is 16.5. The van der Waals surface area contributed by atoms with Gasteiger partial charge >= 0.3 is 0 Å². The van der Waals surface area contributed by atoms with Crippen molar-refractivity contribution in [2.75, 3.05) is 12.0 Å². The second kappa shape index (κ2) is 5.06. The molecule has 2 aliphatic carbocycles. The summed E-state index contributed by atoms with van der Waals surface area (Å²) in [6.45, 7) is 0. The lowest BCUT2D eigenvalue weighted by atomic mass is 9.80. The van der Waals surface area contributed by atoms with E-state index in [-0.39, 0.29) is 11.8 Å². The van der Waals surface area contributed by atoms with Crippen molar-refractivity contribution in [2.45, 2.75) is 56.3 Å². The molecular formula is C17H22N8O. The molecule has 2 aromatic rings. The Hall–Kier alpha value is -2.42. The lowest BCUT2D eigenvalue weighted by molar-refractivity contribution is 0.0734. The largest absolute Gasteiger partial charge is 0.372 e. The molecule has 2 aromatic heterocycles. The zero-order valence-corrected chi connectivity index (χ0v) is 14.7. The SMILES string of the molecule is COC1(c2cnnn2C2=NNC3C4CCCCC4n4cncc4N23)CC1. The number of hydrazone groups is 1. The van der Waals surface area contributed by atoms with Crippen molar-refractivity contribution in [3.8, 4) is 0 Å². The fourth-order valence-corrected chi connectivity index (χ4v) is 5.01. The van der Waals surface area contributed by atoms with Gasteiger partial charge in [0.15, 0.2) is 0 Å². The molecule has 0 saturated heterocycles. The average Bonchev–Trinajstić information content (AvgIpc) is 3.09. The van der Waals surface area contributed by atoms with Crippen molar-refractivity contribution in [2.24, 2.45) is 11.0 Å². The average molecular weight is 354 g/mol. The number of anilines is 1. The topological polar surface area (TPSA) is 85.4 Å². The zero-order valence-electron chi connectivity index (χ0n) is 14.7. The summed E-state index contributed by atoms with van der Waals surface area (Å²) in [5.74, 6) is 2.35. The van der Waals surface area contributed by atoms with E-state index in [1.54, 1.807) is 13.3 Å².